The Morgan fingerprint density at radius 2 is 0.841 bits per heavy atom. The number of nitrogens with zero attached hydrogens (tertiary/aromatic N) is 4. The Hall–Kier alpha value is -5.77. The molecule has 82 heavy (non-hydrogen) atoms. The van der Waals surface area contributed by atoms with Crippen LogP contribution < -0.4 is 5.32 Å². The summed E-state index contributed by atoms with van der Waals surface area (Å²) >= 11 is 21.3. The lowest BCUT2D eigenvalue weighted by Gasteiger charge is -2.37. The molecule has 0 aliphatic carbocycles. The van der Waals surface area contributed by atoms with Gasteiger partial charge in [0.2, 0.25) is 0 Å². The van der Waals surface area contributed by atoms with E-state index in [-0.39, 0.29) is 34.1 Å². The number of pyridine rings is 2. The van der Waals surface area contributed by atoms with Gasteiger partial charge in [-0.1, -0.05) is 247 Å². The van der Waals surface area contributed by atoms with Crippen LogP contribution >= 0.6 is 59.4 Å². The molecular formula is C69H69Cl2N5O3S3. The van der Waals surface area contributed by atoms with Gasteiger partial charge in [-0.15, -0.1) is 0 Å². The largest absolute Gasteiger partial charge is 0.374 e. The van der Waals surface area contributed by atoms with Gasteiger partial charge in [0.1, 0.15) is 10.1 Å². The molecular weight excluding hydrogens is 1110 g/mol. The van der Waals surface area contributed by atoms with Crippen LogP contribution in [-0.4, -0.2) is 97.2 Å². The average molecular weight is 1180 g/mol. The molecule has 3 fully saturated rings. The number of hydrogen-bond donors (Lipinski definition) is 2. The molecule has 0 spiro atoms. The summed E-state index contributed by atoms with van der Waals surface area (Å²) in [6.45, 7) is 9.60. The Kier molecular flexibility index (Phi) is 22.6. The van der Waals surface area contributed by atoms with Gasteiger partial charge in [-0.25, -0.2) is 9.97 Å². The maximum Gasteiger partial charge on any atom is 0.105 e. The third-order valence-corrected chi connectivity index (χ3v) is 18.6. The maximum atomic E-state index is 6.56. The SMILES string of the molecule is Clc1ccccc1-c1cccnc1SC(c1ccccc1)[C@@H]1CN(Cc2ccccc2)CCO1.Clc1ccccc1-c1cccnc1SC(c1ccccc1)[C@@H]1CNCCO1.S[C@@H](c1ccccc1)[C@@H]1CN(Cc2ccccc2)CCO1. The van der Waals surface area contributed by atoms with E-state index in [0.29, 0.717) is 0 Å². The highest BCUT2D eigenvalue weighted by Gasteiger charge is 2.33. The second kappa shape index (κ2) is 31.2. The van der Waals surface area contributed by atoms with Crippen molar-refractivity contribution in [3.63, 3.8) is 0 Å². The first-order chi connectivity index (χ1) is 40.4. The van der Waals surface area contributed by atoms with Gasteiger partial charge >= 0.3 is 0 Å². The molecule has 5 heterocycles. The molecule has 2 unspecified atom stereocenters. The third-order valence-electron chi connectivity index (χ3n) is 14.6. The fraction of sp³-hybridized carbons (Fsp3) is 0.246. The Balaban J connectivity index is 0.000000142. The van der Waals surface area contributed by atoms with E-state index in [4.69, 9.17) is 55.0 Å². The Labute approximate surface area is 508 Å². The number of hydrogen-bond acceptors (Lipinski definition) is 11. The molecule has 7 aromatic carbocycles. The maximum absolute atomic E-state index is 6.56. The molecule has 0 radical (unpaired) electrons. The summed E-state index contributed by atoms with van der Waals surface area (Å²) in [5.41, 5.74) is 10.5. The van der Waals surface area contributed by atoms with Crippen LogP contribution in [0.1, 0.15) is 43.6 Å². The molecule has 3 saturated heterocycles. The quantitative estimate of drug-likeness (QED) is 0.0722. The molecule has 2 aromatic heterocycles. The minimum absolute atomic E-state index is 0.0472. The van der Waals surface area contributed by atoms with Crippen LogP contribution in [0.3, 0.4) is 0 Å². The zero-order valence-electron chi connectivity index (χ0n) is 45.8. The van der Waals surface area contributed by atoms with E-state index in [1.165, 1.54) is 27.8 Å². The van der Waals surface area contributed by atoms with E-state index in [0.717, 1.165) is 115 Å². The molecule has 1 N–H and O–H groups in total. The van der Waals surface area contributed by atoms with Crippen molar-refractivity contribution in [2.24, 2.45) is 0 Å². The lowest BCUT2D eigenvalue weighted by Crippen LogP contribution is -2.44. The minimum atomic E-state index is 0.0472. The Morgan fingerprint density at radius 3 is 1.30 bits per heavy atom. The Morgan fingerprint density at radius 1 is 0.451 bits per heavy atom. The van der Waals surface area contributed by atoms with Gasteiger partial charge in [0.05, 0.1) is 53.9 Å². The standard InChI is InChI=1S/C29H27ClN2OS.C22H21ClN2OS.C18H21NOS/c30-26-16-8-7-14-24(26)25-15-9-17-31-29(25)34-28(23-12-5-2-6-13-23)27-21-32(18-19-33-27)20-22-10-3-1-4-11-22;23-19-11-5-4-9-17(19)18-10-6-12-25-22(18)27-21(16-7-2-1-3-8-16)20-15-24-13-14-26-20;21-18(16-9-5-2-6-10-16)17-14-19(11-12-20-17)13-15-7-3-1-4-8-15/h1-17,27-28H,18-21H2;1-12,20-21,24H,13-15H2;1-10,17-18,21H,11-14H2/t27-,28?;20-,21?;17-,18-/m000/s1. The van der Waals surface area contributed by atoms with Crippen LogP contribution in [0.5, 0.6) is 0 Å². The summed E-state index contributed by atoms with van der Waals surface area (Å²) in [5, 5.41) is 7.23. The van der Waals surface area contributed by atoms with Crippen LogP contribution in [0.25, 0.3) is 22.3 Å². The molecule has 6 atom stereocenters. The normalized spacial score (nSPS) is 18.6. The number of morpholine rings is 3. The first-order valence-corrected chi connectivity index (χ1v) is 31.1. The van der Waals surface area contributed by atoms with E-state index in [1.54, 1.807) is 23.5 Å². The highest BCUT2D eigenvalue weighted by Crippen LogP contribution is 2.45. The second-order valence-corrected chi connectivity index (χ2v) is 23.9. The van der Waals surface area contributed by atoms with Crippen LogP contribution in [0, 0.1) is 0 Å². The zero-order valence-corrected chi connectivity index (χ0v) is 49.8. The monoisotopic (exact) mass is 1180 g/mol. The summed E-state index contributed by atoms with van der Waals surface area (Å²) in [6, 6.07) is 76.8. The van der Waals surface area contributed by atoms with E-state index >= 15 is 0 Å². The van der Waals surface area contributed by atoms with Gasteiger partial charge in [0.15, 0.2) is 0 Å². The fourth-order valence-electron chi connectivity index (χ4n) is 10.4. The molecule has 0 saturated carbocycles. The lowest BCUT2D eigenvalue weighted by molar-refractivity contribution is -0.0320. The van der Waals surface area contributed by atoms with Crippen molar-refractivity contribution in [1.29, 1.82) is 0 Å². The summed E-state index contributed by atoms with van der Waals surface area (Å²) in [4.78, 5) is 14.4. The predicted molar refractivity (Wildman–Crippen MR) is 343 cm³/mol. The van der Waals surface area contributed by atoms with Crippen molar-refractivity contribution in [3.05, 3.63) is 275 Å². The summed E-state index contributed by atoms with van der Waals surface area (Å²) in [6.07, 6.45) is 3.98. The molecule has 3 aliphatic heterocycles. The van der Waals surface area contributed by atoms with E-state index in [1.807, 2.05) is 79.1 Å². The molecule has 13 heteroatoms. The second-order valence-electron chi connectivity index (χ2n) is 20.3. The zero-order chi connectivity index (χ0) is 56.1. The molecule has 0 bridgehead atoms. The number of aromatic nitrogens is 2. The summed E-state index contributed by atoms with van der Waals surface area (Å²) < 4.78 is 18.4. The van der Waals surface area contributed by atoms with Crippen LogP contribution in [0.4, 0.5) is 0 Å². The van der Waals surface area contributed by atoms with Crippen molar-refractivity contribution in [2.75, 3.05) is 59.1 Å². The van der Waals surface area contributed by atoms with Crippen LogP contribution in [-0.2, 0) is 27.3 Å². The average Bonchev–Trinajstić information content (AvgIpc) is 3.59. The van der Waals surface area contributed by atoms with Crippen molar-refractivity contribution >= 4 is 59.4 Å². The van der Waals surface area contributed by atoms with Gasteiger partial charge in [-0.2, -0.15) is 12.6 Å². The van der Waals surface area contributed by atoms with Crippen molar-refractivity contribution in [2.45, 2.75) is 57.2 Å². The highest BCUT2D eigenvalue weighted by atomic mass is 35.5. The van der Waals surface area contributed by atoms with Crippen molar-refractivity contribution < 1.29 is 14.2 Å². The molecule has 9 aromatic rings. The van der Waals surface area contributed by atoms with Gasteiger partial charge in [-0.05, 0) is 52.1 Å². The lowest BCUT2D eigenvalue weighted by atomic mass is 10.1. The number of thioether (sulfide) groups is 2. The first kappa shape index (κ1) is 59.4. The summed E-state index contributed by atoms with van der Waals surface area (Å²) in [5.74, 6) is 0. The first-order valence-electron chi connectivity index (χ1n) is 28.1. The predicted octanol–water partition coefficient (Wildman–Crippen LogP) is 15.9. The van der Waals surface area contributed by atoms with Crippen LogP contribution in [0.15, 0.2) is 247 Å². The number of rotatable bonds is 16. The minimum Gasteiger partial charge on any atom is -0.374 e. The fourth-order valence-corrected chi connectivity index (χ4v) is 13.8. The van der Waals surface area contributed by atoms with Crippen LogP contribution in [0.2, 0.25) is 10.0 Å². The Bertz CT molecular complexity index is 3320. The number of halogens is 2. The van der Waals surface area contributed by atoms with Gasteiger partial charge in [-0.3, -0.25) is 9.80 Å². The number of ether oxygens (including phenoxy) is 3. The van der Waals surface area contributed by atoms with Gasteiger partial charge < -0.3 is 19.5 Å². The smallest absolute Gasteiger partial charge is 0.105 e. The van der Waals surface area contributed by atoms with E-state index < -0.39 is 0 Å². The molecule has 420 valence electrons. The number of nitrogens with one attached hydrogen (secondary N) is 1. The highest BCUT2D eigenvalue weighted by molar-refractivity contribution is 7.99. The van der Waals surface area contributed by atoms with E-state index in [9.17, 15) is 0 Å². The van der Waals surface area contributed by atoms with Gasteiger partial charge in [0.25, 0.3) is 0 Å². The topological polar surface area (TPSA) is 72.0 Å². The van der Waals surface area contributed by atoms with Crippen molar-refractivity contribution in [3.8, 4) is 22.3 Å². The molecule has 8 nitrogen and oxygen atoms in total. The molecule has 0 amide bonds. The third kappa shape index (κ3) is 16.7. The molecule has 12 rings (SSSR count). The van der Waals surface area contributed by atoms with Gasteiger partial charge in [0, 0.05) is 97.1 Å². The molecule has 3 aliphatic rings. The number of thiol groups is 1. The number of benzene rings is 7. The van der Waals surface area contributed by atoms with Crippen molar-refractivity contribution in [1.82, 2.24) is 25.1 Å². The van der Waals surface area contributed by atoms with E-state index in [2.05, 4.69) is 178 Å². The summed E-state index contributed by atoms with van der Waals surface area (Å²) in [7, 11) is 0.